The molecular weight excluding hydrogens is 380 g/mol. The fourth-order valence-corrected chi connectivity index (χ4v) is 3.24. The van der Waals surface area contributed by atoms with Crippen LogP contribution in [0.25, 0.3) is 0 Å². The lowest BCUT2D eigenvalue weighted by Crippen LogP contribution is -2.22. The maximum atomic E-state index is 13.0. The van der Waals surface area contributed by atoms with Gasteiger partial charge in [-0.15, -0.1) is 0 Å². The number of methoxy groups -OCH3 is 1. The third-order valence-electron chi connectivity index (χ3n) is 5.02. The normalized spacial score (nSPS) is 11.9. The van der Waals surface area contributed by atoms with E-state index in [9.17, 15) is 14.7 Å². The van der Waals surface area contributed by atoms with Gasteiger partial charge in [-0.3, -0.25) is 4.79 Å². The van der Waals surface area contributed by atoms with E-state index in [1.54, 1.807) is 13.2 Å². The fourth-order valence-electron chi connectivity index (χ4n) is 3.24. The van der Waals surface area contributed by atoms with E-state index in [1.807, 2.05) is 19.1 Å². The molecule has 1 N–H and O–H groups in total. The van der Waals surface area contributed by atoms with Crippen molar-refractivity contribution in [2.75, 3.05) is 13.7 Å². The molecule has 5 nitrogen and oxygen atoms in total. The highest BCUT2D eigenvalue weighted by molar-refractivity contribution is 5.98. The Morgan fingerprint density at radius 2 is 1.43 bits per heavy atom. The van der Waals surface area contributed by atoms with Gasteiger partial charge in [-0.05, 0) is 47.6 Å². The van der Waals surface area contributed by atoms with Gasteiger partial charge >= 0.3 is 5.97 Å². The monoisotopic (exact) mass is 412 g/mol. The molecule has 0 bridgehead atoms. The second-order valence-electron chi connectivity index (χ2n) is 9.60. The number of hydrogen-bond acceptors (Lipinski definition) is 4. The molecule has 0 radical (unpaired) electrons. The molecule has 0 aliphatic heterocycles. The molecule has 0 heterocycles. The van der Waals surface area contributed by atoms with Gasteiger partial charge in [0.15, 0.2) is 12.4 Å². The molecule has 30 heavy (non-hydrogen) atoms. The molecule has 0 aliphatic rings. The molecule has 0 aromatic heterocycles. The summed E-state index contributed by atoms with van der Waals surface area (Å²) in [6.07, 6.45) is 0. The van der Waals surface area contributed by atoms with Crippen LogP contribution in [-0.4, -0.2) is 30.6 Å². The second kappa shape index (κ2) is 8.50. The zero-order valence-electron chi connectivity index (χ0n) is 19.2. The molecule has 0 amide bonds. The maximum Gasteiger partial charge on any atom is 0.335 e. The second-order valence-corrected chi connectivity index (χ2v) is 9.60. The number of rotatable bonds is 6. The minimum absolute atomic E-state index is 0.123. The van der Waals surface area contributed by atoms with Crippen molar-refractivity contribution < 1.29 is 24.2 Å². The van der Waals surface area contributed by atoms with Gasteiger partial charge in [0.2, 0.25) is 0 Å². The molecule has 0 fully saturated rings. The van der Waals surface area contributed by atoms with Crippen LogP contribution in [0.3, 0.4) is 0 Å². The predicted octanol–water partition coefficient (Wildman–Crippen LogP) is 5.56. The maximum absolute atomic E-state index is 13.0. The lowest BCUT2D eigenvalue weighted by molar-refractivity contribution is 0.0696. The van der Waals surface area contributed by atoms with Gasteiger partial charge in [-0.2, -0.15) is 0 Å². The molecule has 0 aliphatic carbocycles. The third-order valence-corrected chi connectivity index (χ3v) is 5.02. The van der Waals surface area contributed by atoms with Crippen molar-refractivity contribution in [3.8, 4) is 11.5 Å². The quantitative estimate of drug-likeness (QED) is 0.629. The minimum atomic E-state index is -1.04. The molecule has 0 spiro atoms. The molecule has 2 rings (SSSR count). The first-order valence-corrected chi connectivity index (χ1v) is 9.98. The highest BCUT2D eigenvalue weighted by atomic mass is 16.5. The minimum Gasteiger partial charge on any atom is -0.496 e. The van der Waals surface area contributed by atoms with Crippen LogP contribution in [-0.2, 0) is 10.8 Å². The van der Waals surface area contributed by atoms with Crippen molar-refractivity contribution in [1.82, 2.24) is 0 Å². The zero-order valence-corrected chi connectivity index (χ0v) is 19.2. The van der Waals surface area contributed by atoms with Gasteiger partial charge in [-0.25, -0.2) is 4.79 Å². The number of carbonyl (C=O) groups is 2. The molecular formula is C25H32O5. The van der Waals surface area contributed by atoms with Crippen molar-refractivity contribution in [2.24, 2.45) is 0 Å². The Balaban J connectivity index is 2.43. The third kappa shape index (κ3) is 5.21. The molecule has 2 aromatic carbocycles. The number of ether oxygens (including phenoxy) is 2. The lowest BCUT2D eigenvalue weighted by Gasteiger charge is -2.29. The van der Waals surface area contributed by atoms with E-state index in [-0.39, 0.29) is 28.8 Å². The summed E-state index contributed by atoms with van der Waals surface area (Å²) in [5.74, 6) is -0.0129. The van der Waals surface area contributed by atoms with Crippen LogP contribution in [0.2, 0.25) is 0 Å². The summed E-state index contributed by atoms with van der Waals surface area (Å²) in [6.45, 7) is 14.2. The number of aryl methyl sites for hydroxylation is 1. The average Bonchev–Trinajstić information content (AvgIpc) is 2.64. The highest BCUT2D eigenvalue weighted by Gasteiger charge is 2.28. The van der Waals surface area contributed by atoms with Crippen LogP contribution in [0.5, 0.6) is 11.5 Å². The smallest absolute Gasteiger partial charge is 0.335 e. The van der Waals surface area contributed by atoms with E-state index in [0.717, 1.165) is 22.4 Å². The van der Waals surface area contributed by atoms with E-state index in [1.165, 1.54) is 12.1 Å². The number of benzene rings is 2. The van der Waals surface area contributed by atoms with Crippen LogP contribution in [0.4, 0.5) is 0 Å². The molecule has 0 atom stereocenters. The SMILES string of the molecule is COc1c(C(C)(C)C)cc(C(=O)COc2cc(C(=O)O)ccc2C)cc1C(C)(C)C. The van der Waals surface area contributed by atoms with Crippen LogP contribution in [0, 0.1) is 6.92 Å². The van der Waals surface area contributed by atoms with Gasteiger partial charge < -0.3 is 14.6 Å². The summed E-state index contributed by atoms with van der Waals surface area (Å²) in [4.78, 5) is 24.2. The summed E-state index contributed by atoms with van der Waals surface area (Å²) in [5, 5.41) is 9.18. The highest BCUT2D eigenvalue weighted by Crippen LogP contribution is 2.40. The number of Topliss-reactive ketones (excluding diaryl/α,β-unsaturated/α-hetero) is 1. The first kappa shape index (κ1) is 23.5. The Morgan fingerprint density at radius 1 is 0.900 bits per heavy atom. The van der Waals surface area contributed by atoms with Gasteiger partial charge in [0.05, 0.1) is 12.7 Å². The van der Waals surface area contributed by atoms with Gasteiger partial charge in [0.25, 0.3) is 0 Å². The van der Waals surface area contributed by atoms with E-state index in [4.69, 9.17) is 9.47 Å². The number of carboxylic acids is 1. The van der Waals surface area contributed by atoms with E-state index in [2.05, 4.69) is 41.5 Å². The largest absolute Gasteiger partial charge is 0.496 e. The summed E-state index contributed by atoms with van der Waals surface area (Å²) in [5.41, 5.74) is 2.95. The Hall–Kier alpha value is -2.82. The van der Waals surface area contributed by atoms with Gasteiger partial charge in [0.1, 0.15) is 11.5 Å². The van der Waals surface area contributed by atoms with E-state index >= 15 is 0 Å². The summed E-state index contributed by atoms with van der Waals surface area (Å²) in [6, 6.07) is 8.38. The number of ketones is 1. The fraction of sp³-hybridized carbons (Fsp3) is 0.440. The Bertz CT molecular complexity index is 923. The van der Waals surface area contributed by atoms with Crippen molar-refractivity contribution in [3.05, 3.63) is 58.1 Å². The van der Waals surface area contributed by atoms with Crippen molar-refractivity contribution in [2.45, 2.75) is 59.3 Å². The number of carbonyl (C=O) groups excluding carboxylic acids is 1. The Kier molecular flexibility index (Phi) is 6.65. The lowest BCUT2D eigenvalue weighted by atomic mass is 9.78. The molecule has 0 saturated heterocycles. The van der Waals surface area contributed by atoms with Crippen LogP contribution >= 0.6 is 0 Å². The summed E-state index contributed by atoms with van der Waals surface area (Å²) < 4.78 is 11.5. The predicted molar refractivity (Wildman–Crippen MR) is 118 cm³/mol. The topological polar surface area (TPSA) is 72.8 Å². The van der Waals surface area contributed by atoms with E-state index < -0.39 is 5.97 Å². The van der Waals surface area contributed by atoms with Gasteiger partial charge in [0, 0.05) is 16.7 Å². The first-order chi connectivity index (χ1) is 13.8. The number of hydrogen-bond donors (Lipinski definition) is 1. The number of carboxylic acid groups (broad SMARTS) is 1. The van der Waals surface area contributed by atoms with Crippen LogP contribution in [0.15, 0.2) is 30.3 Å². The number of aromatic carboxylic acids is 1. The molecule has 162 valence electrons. The molecule has 2 aromatic rings. The van der Waals surface area contributed by atoms with E-state index in [0.29, 0.717) is 11.3 Å². The molecule has 0 saturated carbocycles. The zero-order chi connectivity index (χ0) is 22.9. The Morgan fingerprint density at radius 3 is 1.87 bits per heavy atom. The van der Waals surface area contributed by atoms with Gasteiger partial charge in [-0.1, -0.05) is 47.6 Å². The van der Waals surface area contributed by atoms with Crippen molar-refractivity contribution >= 4 is 11.8 Å². The summed E-state index contributed by atoms with van der Waals surface area (Å²) in [7, 11) is 1.66. The molecule has 0 unspecified atom stereocenters. The van der Waals surface area contributed by atoms with Crippen LogP contribution in [0.1, 0.15) is 78.9 Å². The standard InChI is InChI=1S/C25H32O5/c1-15-9-10-16(23(27)28)13-21(15)30-14-20(26)17-11-18(24(2,3)4)22(29-8)19(12-17)25(5,6)7/h9-13H,14H2,1-8H3,(H,27,28). The van der Waals surface area contributed by atoms with Crippen molar-refractivity contribution in [1.29, 1.82) is 0 Å². The summed E-state index contributed by atoms with van der Waals surface area (Å²) >= 11 is 0. The first-order valence-electron chi connectivity index (χ1n) is 9.98. The van der Waals surface area contributed by atoms with Crippen molar-refractivity contribution in [3.63, 3.8) is 0 Å². The molecule has 5 heteroatoms. The Labute approximate surface area is 179 Å². The average molecular weight is 413 g/mol. The van der Waals surface area contributed by atoms with Crippen LogP contribution < -0.4 is 9.47 Å².